The lowest BCUT2D eigenvalue weighted by molar-refractivity contribution is -0.274. The van der Waals surface area contributed by atoms with Gasteiger partial charge >= 0.3 is 12.4 Å². The molecule has 1 saturated carbocycles. The molecule has 1 atom stereocenters. The van der Waals surface area contributed by atoms with Gasteiger partial charge in [-0.15, -0.1) is 18.3 Å². The molecule has 2 amide bonds. The minimum Gasteiger partial charge on any atom is -0.407 e. The van der Waals surface area contributed by atoms with Crippen molar-refractivity contribution in [3.8, 4) is 5.75 Å². The van der Waals surface area contributed by atoms with Gasteiger partial charge in [-0.1, -0.05) is 24.4 Å². The standard InChI is InChI=1S/C21H23F3N4O4/c22-21(23,24)32-16-8-6-15(7-9-16)28-12-14(11-18(28)30)19-26-27-20(31-19)25-17(29)10-13-4-2-1-3-5-13/h6-9,13-14H,1-5,10-12H2,(H,25,27,29)/t14-/m0/s1. The molecule has 172 valence electrons. The summed E-state index contributed by atoms with van der Waals surface area (Å²) in [6.07, 6.45) is 1.35. The van der Waals surface area contributed by atoms with Crippen LogP contribution in [0.25, 0.3) is 0 Å². The number of amides is 2. The van der Waals surface area contributed by atoms with E-state index in [1.807, 2.05) is 0 Å². The molecule has 2 heterocycles. The number of aromatic nitrogens is 2. The van der Waals surface area contributed by atoms with Crippen molar-refractivity contribution >= 4 is 23.5 Å². The third-order valence-corrected chi connectivity index (χ3v) is 5.74. The van der Waals surface area contributed by atoms with E-state index >= 15 is 0 Å². The third kappa shape index (κ3) is 5.57. The van der Waals surface area contributed by atoms with Crippen molar-refractivity contribution in [2.75, 3.05) is 16.8 Å². The highest BCUT2D eigenvalue weighted by Crippen LogP contribution is 2.33. The number of halogens is 3. The monoisotopic (exact) mass is 452 g/mol. The number of nitrogens with zero attached hydrogens (tertiary/aromatic N) is 3. The molecule has 4 rings (SSSR count). The lowest BCUT2D eigenvalue weighted by Crippen LogP contribution is -2.24. The number of carbonyl (C=O) groups excluding carboxylic acids is 2. The van der Waals surface area contributed by atoms with Crippen LogP contribution in [0, 0.1) is 5.92 Å². The Balaban J connectivity index is 1.34. The molecular formula is C21H23F3N4O4. The van der Waals surface area contributed by atoms with Gasteiger partial charge in [0.15, 0.2) is 0 Å². The molecule has 0 bridgehead atoms. The highest BCUT2D eigenvalue weighted by Gasteiger charge is 2.36. The number of benzene rings is 1. The van der Waals surface area contributed by atoms with E-state index in [2.05, 4.69) is 20.3 Å². The van der Waals surface area contributed by atoms with E-state index in [9.17, 15) is 22.8 Å². The summed E-state index contributed by atoms with van der Waals surface area (Å²) in [6.45, 7) is 0.232. The van der Waals surface area contributed by atoms with Crippen molar-refractivity contribution in [1.82, 2.24) is 10.2 Å². The number of rotatable bonds is 6. The van der Waals surface area contributed by atoms with Crippen molar-refractivity contribution in [1.29, 1.82) is 0 Å². The lowest BCUT2D eigenvalue weighted by atomic mass is 9.87. The summed E-state index contributed by atoms with van der Waals surface area (Å²) in [5, 5.41) is 10.4. The van der Waals surface area contributed by atoms with Gasteiger partial charge in [0, 0.05) is 25.1 Å². The summed E-state index contributed by atoms with van der Waals surface area (Å²) in [7, 11) is 0. The second kappa shape index (κ2) is 9.17. The van der Waals surface area contributed by atoms with Crippen LogP contribution in [0.3, 0.4) is 0 Å². The van der Waals surface area contributed by atoms with Crippen LogP contribution in [0.2, 0.25) is 0 Å². The number of alkyl halides is 3. The van der Waals surface area contributed by atoms with Crippen LogP contribution in [0.1, 0.15) is 56.8 Å². The van der Waals surface area contributed by atoms with E-state index < -0.39 is 6.36 Å². The Morgan fingerprint density at radius 2 is 1.88 bits per heavy atom. The van der Waals surface area contributed by atoms with E-state index in [1.54, 1.807) is 0 Å². The first-order valence-corrected chi connectivity index (χ1v) is 10.6. The molecule has 2 aliphatic rings. The maximum absolute atomic E-state index is 12.4. The Bertz CT molecular complexity index is 955. The summed E-state index contributed by atoms with van der Waals surface area (Å²) in [5.41, 5.74) is 0.438. The Hall–Kier alpha value is -3.11. The molecule has 2 fully saturated rings. The maximum Gasteiger partial charge on any atom is 0.573 e. The van der Waals surface area contributed by atoms with E-state index in [-0.39, 0.29) is 48.4 Å². The number of hydrogen-bond acceptors (Lipinski definition) is 6. The van der Waals surface area contributed by atoms with Crippen LogP contribution in [0.15, 0.2) is 28.7 Å². The Labute approximate surface area is 182 Å². The number of ether oxygens (including phenoxy) is 1. The summed E-state index contributed by atoms with van der Waals surface area (Å²) < 4.78 is 46.3. The number of nitrogens with one attached hydrogen (secondary N) is 1. The van der Waals surface area contributed by atoms with E-state index in [0.717, 1.165) is 37.8 Å². The van der Waals surface area contributed by atoms with E-state index in [4.69, 9.17) is 4.42 Å². The molecule has 11 heteroatoms. The van der Waals surface area contributed by atoms with E-state index in [0.29, 0.717) is 18.0 Å². The van der Waals surface area contributed by atoms with Gasteiger partial charge in [-0.3, -0.25) is 14.9 Å². The molecule has 0 radical (unpaired) electrons. The smallest absolute Gasteiger partial charge is 0.407 e. The minimum atomic E-state index is -4.78. The summed E-state index contributed by atoms with van der Waals surface area (Å²) in [5.74, 6) is -0.538. The van der Waals surface area contributed by atoms with Gasteiger partial charge in [-0.2, -0.15) is 0 Å². The normalized spacial score (nSPS) is 19.9. The fourth-order valence-corrected chi connectivity index (χ4v) is 4.22. The molecule has 0 spiro atoms. The zero-order valence-electron chi connectivity index (χ0n) is 17.2. The lowest BCUT2D eigenvalue weighted by Gasteiger charge is -2.20. The predicted octanol–water partition coefficient (Wildman–Crippen LogP) is 4.40. The molecular weight excluding hydrogens is 429 g/mol. The molecule has 1 aromatic heterocycles. The molecule has 1 aromatic carbocycles. The van der Waals surface area contributed by atoms with Gasteiger partial charge in [0.25, 0.3) is 0 Å². The fourth-order valence-electron chi connectivity index (χ4n) is 4.22. The number of hydrogen-bond donors (Lipinski definition) is 1. The minimum absolute atomic E-state index is 0.000334. The average Bonchev–Trinajstić information content (AvgIpc) is 3.35. The highest BCUT2D eigenvalue weighted by atomic mass is 19.4. The van der Waals surface area contributed by atoms with Gasteiger partial charge in [0.05, 0.1) is 5.92 Å². The van der Waals surface area contributed by atoms with Crippen LogP contribution in [-0.4, -0.2) is 34.9 Å². The van der Waals surface area contributed by atoms with Gasteiger partial charge < -0.3 is 14.1 Å². The van der Waals surface area contributed by atoms with E-state index in [1.165, 1.54) is 23.5 Å². The first-order valence-electron chi connectivity index (χ1n) is 10.6. The SMILES string of the molecule is O=C(CC1CCCCC1)Nc1nnc([C@H]2CC(=O)N(c3ccc(OC(F)(F)F)cc3)C2)o1. The van der Waals surface area contributed by atoms with Crippen LogP contribution in [0.4, 0.5) is 24.9 Å². The third-order valence-electron chi connectivity index (χ3n) is 5.74. The molecule has 1 N–H and O–H groups in total. The molecule has 0 unspecified atom stereocenters. The Morgan fingerprint density at radius 3 is 2.56 bits per heavy atom. The van der Waals surface area contributed by atoms with Crippen LogP contribution < -0.4 is 15.0 Å². The maximum atomic E-state index is 12.4. The molecule has 1 aliphatic carbocycles. The summed E-state index contributed by atoms with van der Waals surface area (Å²) in [6, 6.07) is 5.06. The zero-order valence-corrected chi connectivity index (χ0v) is 17.2. The largest absolute Gasteiger partial charge is 0.573 e. The Morgan fingerprint density at radius 1 is 1.16 bits per heavy atom. The van der Waals surface area contributed by atoms with Crippen LogP contribution >= 0.6 is 0 Å². The molecule has 2 aromatic rings. The van der Waals surface area contributed by atoms with Gasteiger partial charge in [-0.05, 0) is 43.0 Å². The van der Waals surface area contributed by atoms with Gasteiger partial charge in [0.2, 0.25) is 17.7 Å². The van der Waals surface area contributed by atoms with Crippen molar-refractivity contribution in [3.63, 3.8) is 0 Å². The fraction of sp³-hybridized carbons (Fsp3) is 0.524. The Kier molecular flexibility index (Phi) is 6.33. The van der Waals surface area contributed by atoms with Crippen LogP contribution in [-0.2, 0) is 9.59 Å². The zero-order chi connectivity index (χ0) is 22.7. The average molecular weight is 452 g/mol. The highest BCUT2D eigenvalue weighted by molar-refractivity contribution is 5.96. The molecule has 32 heavy (non-hydrogen) atoms. The van der Waals surface area contributed by atoms with Gasteiger partial charge in [-0.25, -0.2) is 0 Å². The topological polar surface area (TPSA) is 97.6 Å². The number of carbonyl (C=O) groups is 2. The first-order chi connectivity index (χ1) is 15.3. The second-order valence-electron chi connectivity index (χ2n) is 8.15. The summed E-state index contributed by atoms with van der Waals surface area (Å²) >= 11 is 0. The summed E-state index contributed by atoms with van der Waals surface area (Å²) in [4.78, 5) is 26.1. The molecule has 1 aliphatic heterocycles. The molecule has 8 nitrogen and oxygen atoms in total. The van der Waals surface area contributed by atoms with Crippen LogP contribution in [0.5, 0.6) is 5.75 Å². The van der Waals surface area contributed by atoms with Crippen molar-refractivity contribution in [2.45, 2.75) is 57.2 Å². The number of anilines is 2. The quantitative estimate of drug-likeness (QED) is 0.698. The first kappa shape index (κ1) is 22.1. The molecule has 1 saturated heterocycles. The van der Waals surface area contributed by atoms with Crippen molar-refractivity contribution in [2.24, 2.45) is 5.92 Å². The van der Waals surface area contributed by atoms with Crippen molar-refractivity contribution < 1.29 is 31.9 Å². The predicted molar refractivity (Wildman–Crippen MR) is 107 cm³/mol. The van der Waals surface area contributed by atoms with Gasteiger partial charge in [0.1, 0.15) is 5.75 Å². The van der Waals surface area contributed by atoms with Crippen molar-refractivity contribution in [3.05, 3.63) is 30.2 Å². The second-order valence-corrected chi connectivity index (χ2v) is 8.15.